The summed E-state index contributed by atoms with van der Waals surface area (Å²) in [6.07, 6.45) is 1.08. The second kappa shape index (κ2) is 5.83. The van der Waals surface area contributed by atoms with E-state index < -0.39 is 27.4 Å². The molecule has 7 heteroatoms. The number of sulfone groups is 1. The maximum atomic E-state index is 14.0. The molecule has 0 aromatic heterocycles. The highest BCUT2D eigenvalue weighted by Crippen LogP contribution is 2.34. The SMILES string of the molecule is CS(=O)(=O)c1ccc(C2=C(c3cc(F)ccc3F)C(=O)OC2)cc1. The molecule has 0 fully saturated rings. The van der Waals surface area contributed by atoms with Gasteiger partial charge >= 0.3 is 5.97 Å². The summed E-state index contributed by atoms with van der Waals surface area (Å²) in [6, 6.07) is 8.62. The van der Waals surface area contributed by atoms with Gasteiger partial charge in [-0.05, 0) is 35.9 Å². The number of halogens is 2. The molecule has 1 aliphatic rings. The minimum atomic E-state index is -3.36. The molecule has 0 saturated heterocycles. The van der Waals surface area contributed by atoms with E-state index in [0.29, 0.717) is 11.1 Å². The van der Waals surface area contributed by atoms with Gasteiger partial charge in [0.25, 0.3) is 0 Å². The van der Waals surface area contributed by atoms with Crippen LogP contribution in [0.4, 0.5) is 8.78 Å². The number of hydrogen-bond acceptors (Lipinski definition) is 4. The van der Waals surface area contributed by atoms with Crippen molar-refractivity contribution in [3.05, 3.63) is 65.2 Å². The van der Waals surface area contributed by atoms with E-state index in [2.05, 4.69) is 0 Å². The highest BCUT2D eigenvalue weighted by molar-refractivity contribution is 7.90. The van der Waals surface area contributed by atoms with Crippen molar-refractivity contribution >= 4 is 27.0 Å². The first-order valence-corrected chi connectivity index (χ1v) is 8.82. The van der Waals surface area contributed by atoms with Crippen LogP contribution < -0.4 is 0 Å². The van der Waals surface area contributed by atoms with Gasteiger partial charge in [0, 0.05) is 17.4 Å². The van der Waals surface area contributed by atoms with Crippen molar-refractivity contribution in [2.45, 2.75) is 4.90 Å². The summed E-state index contributed by atoms with van der Waals surface area (Å²) in [4.78, 5) is 12.1. The predicted octanol–water partition coefficient (Wildman–Crippen LogP) is 2.84. The van der Waals surface area contributed by atoms with Crippen LogP contribution in [0.15, 0.2) is 47.4 Å². The zero-order valence-electron chi connectivity index (χ0n) is 12.5. The molecule has 2 aromatic carbocycles. The van der Waals surface area contributed by atoms with E-state index in [4.69, 9.17) is 4.74 Å². The molecular formula is C17H12F2O4S. The van der Waals surface area contributed by atoms with E-state index in [-0.39, 0.29) is 22.6 Å². The summed E-state index contributed by atoms with van der Waals surface area (Å²) in [5.41, 5.74) is 0.648. The molecule has 0 bridgehead atoms. The van der Waals surface area contributed by atoms with Crippen LogP contribution >= 0.6 is 0 Å². The highest BCUT2D eigenvalue weighted by Gasteiger charge is 2.29. The minimum Gasteiger partial charge on any atom is -0.457 e. The van der Waals surface area contributed by atoms with Crippen molar-refractivity contribution in [3.63, 3.8) is 0 Å². The largest absolute Gasteiger partial charge is 0.457 e. The molecule has 1 aliphatic heterocycles. The Balaban J connectivity index is 2.15. The highest BCUT2D eigenvalue weighted by atomic mass is 32.2. The zero-order chi connectivity index (χ0) is 17.5. The van der Waals surface area contributed by atoms with Crippen LogP contribution in [0.3, 0.4) is 0 Å². The van der Waals surface area contributed by atoms with Crippen molar-refractivity contribution in [1.29, 1.82) is 0 Å². The lowest BCUT2D eigenvalue weighted by atomic mass is 9.96. The Bertz CT molecular complexity index is 961. The van der Waals surface area contributed by atoms with Crippen molar-refractivity contribution in [3.8, 4) is 0 Å². The minimum absolute atomic E-state index is 0.0564. The number of carbonyl (C=O) groups excluding carboxylic acids is 1. The van der Waals surface area contributed by atoms with E-state index in [1.54, 1.807) is 0 Å². The van der Waals surface area contributed by atoms with Gasteiger partial charge in [-0.1, -0.05) is 12.1 Å². The van der Waals surface area contributed by atoms with E-state index >= 15 is 0 Å². The fraction of sp³-hybridized carbons (Fsp3) is 0.118. The second-order valence-corrected chi connectivity index (χ2v) is 7.37. The zero-order valence-corrected chi connectivity index (χ0v) is 13.4. The number of esters is 1. The van der Waals surface area contributed by atoms with Crippen LogP contribution in [0, 0.1) is 11.6 Å². The number of carbonyl (C=O) groups is 1. The van der Waals surface area contributed by atoms with Crippen LogP contribution in [-0.4, -0.2) is 27.2 Å². The topological polar surface area (TPSA) is 60.4 Å². The smallest absolute Gasteiger partial charge is 0.339 e. The lowest BCUT2D eigenvalue weighted by molar-refractivity contribution is -0.133. The number of hydrogen-bond donors (Lipinski definition) is 0. The number of benzene rings is 2. The number of cyclic esters (lactones) is 1. The summed E-state index contributed by atoms with van der Waals surface area (Å²) >= 11 is 0. The van der Waals surface area contributed by atoms with E-state index in [1.165, 1.54) is 24.3 Å². The average molecular weight is 350 g/mol. The molecule has 0 saturated carbocycles. The molecule has 2 aromatic rings. The summed E-state index contributed by atoms with van der Waals surface area (Å²) < 4.78 is 55.4. The number of rotatable bonds is 3. The third kappa shape index (κ3) is 2.94. The molecule has 0 aliphatic carbocycles. The van der Waals surface area contributed by atoms with Gasteiger partial charge in [0.05, 0.1) is 10.5 Å². The Morgan fingerprint density at radius 1 is 1.04 bits per heavy atom. The van der Waals surface area contributed by atoms with Gasteiger partial charge in [-0.25, -0.2) is 22.0 Å². The van der Waals surface area contributed by atoms with Crippen molar-refractivity contribution in [1.82, 2.24) is 0 Å². The molecule has 24 heavy (non-hydrogen) atoms. The van der Waals surface area contributed by atoms with Crippen LogP contribution in [0.25, 0.3) is 11.1 Å². The molecule has 3 rings (SSSR count). The van der Waals surface area contributed by atoms with Gasteiger partial charge in [-0.3, -0.25) is 0 Å². The third-order valence-corrected chi connectivity index (χ3v) is 4.81. The van der Waals surface area contributed by atoms with Gasteiger partial charge < -0.3 is 4.74 Å². The molecule has 124 valence electrons. The first kappa shape index (κ1) is 16.3. The second-order valence-electron chi connectivity index (χ2n) is 5.35. The maximum absolute atomic E-state index is 14.0. The van der Waals surface area contributed by atoms with E-state index in [0.717, 1.165) is 24.5 Å². The number of ether oxygens (including phenoxy) is 1. The van der Waals surface area contributed by atoms with Crippen molar-refractivity contribution in [2.75, 3.05) is 12.9 Å². The van der Waals surface area contributed by atoms with Gasteiger partial charge in [-0.15, -0.1) is 0 Å². The van der Waals surface area contributed by atoms with Crippen LogP contribution in [-0.2, 0) is 19.4 Å². The molecule has 0 unspecified atom stereocenters. The van der Waals surface area contributed by atoms with Gasteiger partial charge in [0.2, 0.25) is 0 Å². The first-order valence-electron chi connectivity index (χ1n) is 6.93. The standard InChI is InChI=1S/C17H12F2O4S/c1-24(21,22)12-5-2-10(3-6-12)14-9-23-17(20)16(14)13-8-11(18)4-7-15(13)19/h2-8H,9H2,1H3. The maximum Gasteiger partial charge on any atom is 0.339 e. The average Bonchev–Trinajstić information content (AvgIpc) is 2.90. The van der Waals surface area contributed by atoms with E-state index in [9.17, 15) is 22.0 Å². The monoisotopic (exact) mass is 350 g/mol. The fourth-order valence-corrected chi connectivity index (χ4v) is 3.13. The van der Waals surface area contributed by atoms with Crippen LogP contribution in [0.2, 0.25) is 0 Å². The quantitative estimate of drug-likeness (QED) is 0.799. The third-order valence-electron chi connectivity index (χ3n) is 3.68. The van der Waals surface area contributed by atoms with E-state index in [1.807, 2.05) is 0 Å². The molecule has 1 heterocycles. The molecule has 4 nitrogen and oxygen atoms in total. The van der Waals surface area contributed by atoms with Gasteiger partial charge in [-0.2, -0.15) is 0 Å². The van der Waals surface area contributed by atoms with Crippen molar-refractivity contribution < 1.29 is 26.7 Å². The summed E-state index contributed by atoms with van der Waals surface area (Å²) in [7, 11) is -3.36. The first-order chi connectivity index (χ1) is 11.3. The Labute approximate surface area is 137 Å². The Morgan fingerprint density at radius 2 is 1.71 bits per heavy atom. The van der Waals surface area contributed by atoms with Crippen LogP contribution in [0.1, 0.15) is 11.1 Å². The van der Waals surface area contributed by atoms with Crippen LogP contribution in [0.5, 0.6) is 0 Å². The van der Waals surface area contributed by atoms with Crippen molar-refractivity contribution in [2.24, 2.45) is 0 Å². The molecule has 0 radical (unpaired) electrons. The molecule has 0 atom stereocenters. The molecular weight excluding hydrogens is 338 g/mol. The Kier molecular flexibility index (Phi) is 3.96. The molecule has 0 N–H and O–H groups in total. The summed E-state index contributed by atoms with van der Waals surface area (Å²) in [5.74, 6) is -2.16. The molecule has 0 amide bonds. The predicted molar refractivity (Wildman–Crippen MR) is 83.7 cm³/mol. The fourth-order valence-electron chi connectivity index (χ4n) is 2.50. The Hall–Kier alpha value is -2.54. The lowest BCUT2D eigenvalue weighted by Crippen LogP contribution is -2.01. The van der Waals surface area contributed by atoms with Gasteiger partial charge in [0.15, 0.2) is 9.84 Å². The lowest BCUT2D eigenvalue weighted by Gasteiger charge is -2.07. The normalized spacial score (nSPS) is 14.9. The molecule has 0 spiro atoms. The summed E-state index contributed by atoms with van der Waals surface area (Å²) in [5, 5.41) is 0. The Morgan fingerprint density at radius 3 is 2.33 bits per heavy atom. The summed E-state index contributed by atoms with van der Waals surface area (Å²) in [6.45, 7) is -0.0949. The van der Waals surface area contributed by atoms with Gasteiger partial charge in [0.1, 0.15) is 18.2 Å².